The van der Waals surface area contributed by atoms with E-state index >= 15 is 0 Å². The number of thiophene rings is 3. The Labute approximate surface area is 763 Å². The van der Waals surface area contributed by atoms with Gasteiger partial charge in [0.05, 0.1) is 77.8 Å². The standard InChI is InChI=1S/C25H24N4O2S2.C24H23N5O4.C23H22N4O3S2.C23H22N4O2S2/c30-22(14-6-7-14)29-25-28-20-9-8-15(11-21(20)33-25)16-10-18-19(13-32-24(18)26-12-16)23(31)27-17-4-2-1-3-5-17;30-23(15-1-2-15)27-21-14-28-13-16(3-4-22(28)26-21)17-11-20-19(25-12-17)5-8-29(20)24(31)33-18-6-9-32-10-7-18;1-24-22(29)27-23-26-18-8-7-13(10-19(18)32-23)14-9-16-17(12-31-20(16)25-11-14)21(28)30-15-5-3-2-4-6-15;1-13(28)25-23-27-19-8-7-14(10-20(19)31-23)15-9-17-18(12-30-22(17)24-11-15)21(29)26-16-5-3-2-4-6-16/h8-14,17H,1-7H2,(H,27,31)(H,28,29,30);3-5,8,11-15,18H,1-2,6-7,9-10H2,(H,27,30);7-12,15H,2-6H2,1H3,(H2,24,26,27,29);7-12,16H,2-6H2,1H3,(H,26,29)(H,25,27,28). The third-order valence-electron chi connectivity index (χ3n) is 23.9. The summed E-state index contributed by atoms with van der Waals surface area (Å²) >= 11 is 8.80. The number of urea groups is 1. The maximum atomic E-state index is 13.0. The second-order valence-corrected chi connectivity index (χ2v) is 39.0. The number of hydrogen-bond acceptors (Lipinski definition) is 25. The van der Waals surface area contributed by atoms with Crippen LogP contribution >= 0.6 is 68.0 Å². The molecule has 3 aromatic carbocycles. The van der Waals surface area contributed by atoms with E-state index < -0.39 is 6.09 Å². The van der Waals surface area contributed by atoms with Gasteiger partial charge in [0.1, 0.15) is 32.3 Å². The number of thiazole rings is 3. The van der Waals surface area contributed by atoms with Gasteiger partial charge in [-0.2, -0.15) is 0 Å². The zero-order chi connectivity index (χ0) is 88.2. The third-order valence-corrected chi connectivity index (χ3v) is 29.4. The fourth-order valence-corrected chi connectivity index (χ4v) is 22.0. The van der Waals surface area contributed by atoms with Gasteiger partial charge in [0.25, 0.3) is 11.8 Å². The molecule has 658 valence electrons. The zero-order valence-corrected chi connectivity index (χ0v) is 75.6. The summed E-state index contributed by atoms with van der Waals surface area (Å²) in [6, 6.07) is 31.9. The molecule has 1 aliphatic heterocycles. The number of aromatic nitrogens is 10. The van der Waals surface area contributed by atoms with Crippen LogP contribution in [-0.4, -0.2) is 141 Å². The Morgan fingerprint density at radius 2 is 0.884 bits per heavy atom. The van der Waals surface area contributed by atoms with Crippen molar-refractivity contribution in [3.63, 3.8) is 0 Å². The maximum Gasteiger partial charge on any atom is 0.418 e. The second kappa shape index (κ2) is 38.5. The van der Waals surface area contributed by atoms with Crippen LogP contribution in [0.15, 0.2) is 157 Å². The summed E-state index contributed by atoms with van der Waals surface area (Å²) in [5.41, 5.74) is 14.3. The number of imidazole rings is 1. The van der Waals surface area contributed by atoms with E-state index in [1.54, 1.807) is 31.7 Å². The Morgan fingerprint density at radius 3 is 1.40 bits per heavy atom. The Kier molecular flexibility index (Phi) is 25.6. The highest BCUT2D eigenvalue weighted by molar-refractivity contribution is 7.23. The summed E-state index contributed by atoms with van der Waals surface area (Å²) in [4.78, 5) is 137. The van der Waals surface area contributed by atoms with Gasteiger partial charge in [-0.25, -0.2) is 49.3 Å². The number of nitrogens with zero attached hydrogens (tertiary/aromatic N) is 10. The van der Waals surface area contributed by atoms with Gasteiger partial charge in [0.15, 0.2) is 21.2 Å². The fourth-order valence-electron chi connectivity index (χ4n) is 16.6. The maximum absolute atomic E-state index is 13.0. The van der Waals surface area contributed by atoms with Crippen LogP contribution in [0.5, 0.6) is 0 Å². The molecule has 28 nitrogen and oxygen atoms in total. The van der Waals surface area contributed by atoms with Gasteiger partial charge in [-0.1, -0.05) is 97.2 Å². The number of benzene rings is 3. The largest absolute Gasteiger partial charge is 0.459 e. The first-order valence-corrected chi connectivity index (χ1v) is 48.8. The predicted molar refractivity (Wildman–Crippen MR) is 510 cm³/mol. The molecule has 0 spiro atoms. The smallest absolute Gasteiger partial charge is 0.418 e. The van der Waals surface area contributed by atoms with E-state index in [0.29, 0.717) is 69.5 Å². The minimum Gasteiger partial charge on any atom is -0.459 e. The van der Waals surface area contributed by atoms with Crippen LogP contribution in [0.1, 0.15) is 173 Å². The zero-order valence-electron chi connectivity index (χ0n) is 70.7. The van der Waals surface area contributed by atoms with Gasteiger partial charge in [0.2, 0.25) is 17.7 Å². The van der Waals surface area contributed by atoms with Gasteiger partial charge >= 0.3 is 18.1 Å². The van der Waals surface area contributed by atoms with Crippen LogP contribution in [0.3, 0.4) is 0 Å². The summed E-state index contributed by atoms with van der Waals surface area (Å²) in [6.45, 7) is 2.69. The Balaban J connectivity index is 0.000000112. The lowest BCUT2D eigenvalue weighted by Crippen LogP contribution is -2.36. The van der Waals surface area contributed by atoms with E-state index in [1.165, 1.54) is 124 Å². The normalized spacial score (nSPS) is 15.8. The number of hydrogen-bond donors (Lipinski definition) is 7. The molecule has 16 aromatic rings. The van der Waals surface area contributed by atoms with Crippen LogP contribution in [0, 0.1) is 11.8 Å². The van der Waals surface area contributed by atoms with Crippen molar-refractivity contribution < 1.29 is 52.6 Å². The summed E-state index contributed by atoms with van der Waals surface area (Å²) in [5.74, 6) is 0.522. The van der Waals surface area contributed by atoms with Crippen LogP contribution in [-0.2, 0) is 28.6 Å². The van der Waals surface area contributed by atoms with E-state index in [-0.39, 0.29) is 77.7 Å². The summed E-state index contributed by atoms with van der Waals surface area (Å²) in [6.07, 6.45) is 34.4. The van der Waals surface area contributed by atoms with Gasteiger partial charge in [-0.15, -0.1) is 34.0 Å². The van der Waals surface area contributed by atoms with E-state index in [9.17, 15) is 38.4 Å². The molecule has 129 heavy (non-hydrogen) atoms. The molecule has 5 saturated carbocycles. The molecule has 7 amide bonds. The first-order valence-electron chi connectivity index (χ1n) is 43.8. The molecule has 1 saturated heterocycles. The molecule has 0 radical (unpaired) electrons. The van der Waals surface area contributed by atoms with Crippen molar-refractivity contribution in [2.24, 2.45) is 11.8 Å². The fraction of sp³-hybridized carbons (Fsp3) is 0.326. The highest BCUT2D eigenvalue weighted by Gasteiger charge is 2.33. The molecule has 0 bridgehead atoms. The first-order chi connectivity index (χ1) is 62.9. The molecule has 7 N–H and O–H groups in total. The molecule has 6 aliphatic rings. The van der Waals surface area contributed by atoms with Crippen LogP contribution in [0.4, 0.5) is 30.8 Å². The van der Waals surface area contributed by atoms with E-state index in [0.717, 1.165) is 194 Å². The number of carbonyl (C=O) groups excluding carboxylic acids is 8. The highest BCUT2D eigenvalue weighted by atomic mass is 32.1. The monoisotopic (exact) mass is 1840 g/mol. The number of pyridine rings is 5. The molecule has 5 aliphatic carbocycles. The molecule has 0 atom stereocenters. The van der Waals surface area contributed by atoms with Crippen molar-refractivity contribution in [3.05, 3.63) is 173 Å². The molecule has 22 rings (SSSR count). The molecule has 13 aromatic heterocycles. The average Bonchev–Trinajstić information content (AvgIpc) is 1.67. The summed E-state index contributed by atoms with van der Waals surface area (Å²) < 4.78 is 23.1. The minimum absolute atomic E-state index is 0.000977. The molecular formula is C95H91N17O11S6. The van der Waals surface area contributed by atoms with Crippen molar-refractivity contribution in [2.75, 3.05) is 41.5 Å². The number of esters is 1. The number of nitrogens with one attached hydrogen (secondary N) is 7. The molecular weight excluding hydrogens is 1750 g/mol. The molecule has 34 heteroatoms. The summed E-state index contributed by atoms with van der Waals surface area (Å²) in [7, 11) is 1.56. The first kappa shape index (κ1) is 86.0. The van der Waals surface area contributed by atoms with E-state index in [2.05, 4.69) is 95.3 Å². The predicted octanol–water partition coefficient (Wildman–Crippen LogP) is 21.3. The Morgan fingerprint density at radius 1 is 0.426 bits per heavy atom. The molecule has 6 fully saturated rings. The SMILES string of the molecule is CC(=O)Nc1nc2ccc(-c3cnc4scc(C(=O)NC5CCCCC5)c4c3)cc2s1.CNC(=O)Nc1nc2ccc(-c3cnc4scc(C(=O)OC5CCCCC5)c4c3)cc2s1.O=C(NC1CCCCC1)c1csc2ncc(-c3ccc4nc(NC(=O)C5CC5)sc4c3)cc12.O=C(Nc1cn2cc(-c3cnc4ccn(C(=O)OC5CCOCC5)c4c3)ccc2n1)C1CC1. The van der Waals surface area contributed by atoms with Crippen LogP contribution in [0.2, 0.25) is 0 Å². The van der Waals surface area contributed by atoms with Gasteiger partial charge in [0, 0.05) is 148 Å². The lowest BCUT2D eigenvalue weighted by atomic mass is 9.95. The number of amides is 7. The average molecular weight is 1840 g/mol. The Bertz CT molecular complexity index is 6760. The lowest BCUT2D eigenvalue weighted by Gasteiger charge is -2.22. The van der Waals surface area contributed by atoms with Crippen molar-refractivity contribution >= 4 is 215 Å². The van der Waals surface area contributed by atoms with Crippen LogP contribution in [0.25, 0.3) is 122 Å². The van der Waals surface area contributed by atoms with E-state index in [4.69, 9.17) is 14.2 Å². The van der Waals surface area contributed by atoms with Crippen molar-refractivity contribution in [2.45, 2.75) is 166 Å². The van der Waals surface area contributed by atoms with Crippen LogP contribution < -0.4 is 37.2 Å². The number of anilines is 4. The van der Waals surface area contributed by atoms with Crippen molar-refractivity contribution in [3.8, 4) is 44.5 Å². The van der Waals surface area contributed by atoms with Gasteiger partial charge in [-0.3, -0.25) is 38.8 Å². The molecule has 0 unspecified atom stereocenters. The number of ether oxygens (including phenoxy) is 3. The minimum atomic E-state index is -0.406. The Hall–Kier alpha value is -12.4. The summed E-state index contributed by atoms with van der Waals surface area (Å²) in [5, 5.41) is 30.3. The highest BCUT2D eigenvalue weighted by Crippen LogP contribution is 2.41. The van der Waals surface area contributed by atoms with E-state index in [1.807, 2.05) is 118 Å². The quantitative estimate of drug-likeness (QED) is 0.0416. The number of fused-ring (bicyclic) bond motifs is 8. The molecule has 14 heterocycles. The lowest BCUT2D eigenvalue weighted by molar-refractivity contribution is -0.118. The van der Waals surface area contributed by atoms with Gasteiger partial charge < -0.3 is 50.5 Å². The van der Waals surface area contributed by atoms with Gasteiger partial charge in [-0.05, 0) is 173 Å². The van der Waals surface area contributed by atoms with Crippen molar-refractivity contribution in [1.82, 2.24) is 64.8 Å². The van der Waals surface area contributed by atoms with Crippen molar-refractivity contribution in [1.29, 1.82) is 0 Å². The number of carbonyl (C=O) groups is 8. The second-order valence-electron chi connectivity index (χ2n) is 33.3. The number of rotatable bonds is 17. The third kappa shape index (κ3) is 20.2. The topological polar surface area (TPSA) is 361 Å².